The normalized spacial score (nSPS) is 13.3. The first-order chi connectivity index (χ1) is 11.4. The topological polar surface area (TPSA) is 53.1 Å². The molecule has 24 heavy (non-hydrogen) atoms. The molecule has 0 saturated carbocycles. The third-order valence-electron chi connectivity index (χ3n) is 4.27. The molecule has 1 aliphatic heterocycles. The largest absolute Gasteiger partial charge is 0.383 e. The zero-order chi connectivity index (χ0) is 17.7. The van der Waals surface area contributed by atoms with Gasteiger partial charge in [-0.05, 0) is 44.3 Å². The summed E-state index contributed by atoms with van der Waals surface area (Å²) in [5.74, 6) is 0.0542. The zero-order valence-corrected chi connectivity index (χ0v) is 15.0. The monoisotopic (exact) mass is 333 g/mol. The van der Waals surface area contributed by atoms with Gasteiger partial charge in [0.15, 0.2) is 0 Å². The van der Waals surface area contributed by atoms with Crippen LogP contribution in [0.2, 0.25) is 0 Å². The number of carbonyl (C=O) groups is 2. The van der Waals surface area contributed by atoms with E-state index in [0.717, 1.165) is 24.2 Å². The van der Waals surface area contributed by atoms with Gasteiger partial charge in [0.2, 0.25) is 5.91 Å². The van der Waals surface area contributed by atoms with Crippen molar-refractivity contribution in [1.82, 2.24) is 9.80 Å². The summed E-state index contributed by atoms with van der Waals surface area (Å²) in [6.45, 7) is 4.81. The molecule has 0 saturated heterocycles. The molecule has 1 heterocycles. The first-order valence-electron chi connectivity index (χ1n) is 8.28. The third kappa shape index (κ3) is 4.33. The minimum atomic E-state index is 0.0120. The van der Waals surface area contributed by atoms with Gasteiger partial charge in [-0.15, -0.1) is 0 Å². The van der Waals surface area contributed by atoms with Gasteiger partial charge < -0.3 is 19.4 Å². The highest BCUT2D eigenvalue weighted by Gasteiger charge is 2.24. The number of ether oxygens (including phenoxy) is 1. The van der Waals surface area contributed by atoms with E-state index in [1.165, 1.54) is 0 Å². The molecule has 0 unspecified atom stereocenters. The summed E-state index contributed by atoms with van der Waals surface area (Å²) >= 11 is 0. The molecule has 0 aliphatic carbocycles. The highest BCUT2D eigenvalue weighted by atomic mass is 16.5. The third-order valence-corrected chi connectivity index (χ3v) is 4.27. The second-order valence-electron chi connectivity index (χ2n) is 6.35. The van der Waals surface area contributed by atoms with Crippen LogP contribution in [0.1, 0.15) is 22.8 Å². The predicted octanol–water partition coefficient (Wildman–Crippen LogP) is 1.25. The Morgan fingerprint density at radius 3 is 2.58 bits per heavy atom. The lowest BCUT2D eigenvalue weighted by molar-refractivity contribution is -0.116. The number of carbonyl (C=O) groups excluding carboxylic acids is 2. The van der Waals surface area contributed by atoms with E-state index in [9.17, 15) is 9.59 Å². The molecular formula is C18H27N3O3. The van der Waals surface area contributed by atoms with E-state index >= 15 is 0 Å². The van der Waals surface area contributed by atoms with Crippen LogP contribution in [0.3, 0.4) is 0 Å². The number of likely N-dealkylation sites (N-methyl/N-ethyl adjacent to an activating group) is 1. The quantitative estimate of drug-likeness (QED) is 0.753. The van der Waals surface area contributed by atoms with Gasteiger partial charge in [-0.1, -0.05) is 0 Å². The number of nitrogens with zero attached hydrogens (tertiary/aromatic N) is 3. The van der Waals surface area contributed by atoms with Crippen molar-refractivity contribution < 1.29 is 14.3 Å². The van der Waals surface area contributed by atoms with E-state index in [1.807, 2.05) is 37.2 Å². The van der Waals surface area contributed by atoms with Crippen LogP contribution in [0.15, 0.2) is 18.2 Å². The fraction of sp³-hybridized carbons (Fsp3) is 0.556. The summed E-state index contributed by atoms with van der Waals surface area (Å²) in [6, 6.07) is 5.63. The van der Waals surface area contributed by atoms with Crippen LogP contribution in [-0.2, 0) is 16.0 Å². The highest BCUT2D eigenvalue weighted by Crippen LogP contribution is 2.29. The fourth-order valence-corrected chi connectivity index (χ4v) is 2.88. The van der Waals surface area contributed by atoms with Crippen LogP contribution in [-0.4, -0.2) is 75.6 Å². The predicted molar refractivity (Wildman–Crippen MR) is 94.5 cm³/mol. The van der Waals surface area contributed by atoms with Gasteiger partial charge in [0.05, 0.1) is 6.61 Å². The molecule has 0 bridgehead atoms. The van der Waals surface area contributed by atoms with Crippen molar-refractivity contribution in [3.63, 3.8) is 0 Å². The molecule has 0 radical (unpaired) electrons. The van der Waals surface area contributed by atoms with Crippen molar-refractivity contribution in [2.24, 2.45) is 0 Å². The average molecular weight is 333 g/mol. The van der Waals surface area contributed by atoms with Crippen LogP contribution in [0, 0.1) is 0 Å². The summed E-state index contributed by atoms with van der Waals surface area (Å²) in [5, 5.41) is 0. The van der Waals surface area contributed by atoms with E-state index in [0.29, 0.717) is 31.8 Å². The summed E-state index contributed by atoms with van der Waals surface area (Å²) in [5.41, 5.74) is 2.67. The molecule has 0 aromatic heterocycles. The molecular weight excluding hydrogens is 306 g/mol. The number of hydrogen-bond acceptors (Lipinski definition) is 4. The maximum absolute atomic E-state index is 12.8. The number of anilines is 1. The average Bonchev–Trinajstić information content (AvgIpc) is 2.97. The Labute approximate surface area is 144 Å². The van der Waals surface area contributed by atoms with E-state index in [4.69, 9.17) is 4.74 Å². The molecule has 6 nitrogen and oxygen atoms in total. The lowest BCUT2D eigenvalue weighted by Crippen LogP contribution is -2.38. The van der Waals surface area contributed by atoms with Crippen molar-refractivity contribution in [2.45, 2.75) is 13.3 Å². The minimum absolute atomic E-state index is 0.0120. The maximum atomic E-state index is 12.8. The molecule has 1 aromatic rings. The molecule has 0 fully saturated rings. The molecule has 0 atom stereocenters. The number of benzene rings is 1. The van der Waals surface area contributed by atoms with Crippen LogP contribution < -0.4 is 4.90 Å². The Kier molecular flexibility index (Phi) is 6.34. The summed E-state index contributed by atoms with van der Waals surface area (Å²) in [4.78, 5) is 30.1. The summed E-state index contributed by atoms with van der Waals surface area (Å²) in [6.07, 6.45) is 0.797. The van der Waals surface area contributed by atoms with Gasteiger partial charge in [0.25, 0.3) is 5.91 Å². The Balaban J connectivity index is 2.16. The van der Waals surface area contributed by atoms with Gasteiger partial charge in [-0.25, -0.2) is 0 Å². The van der Waals surface area contributed by atoms with Crippen molar-refractivity contribution >= 4 is 17.5 Å². The van der Waals surface area contributed by atoms with Crippen LogP contribution >= 0.6 is 0 Å². The molecule has 2 rings (SSSR count). The smallest absolute Gasteiger partial charge is 0.253 e. The molecule has 0 N–H and O–H groups in total. The highest BCUT2D eigenvalue weighted by molar-refractivity contribution is 5.97. The summed E-state index contributed by atoms with van der Waals surface area (Å²) in [7, 11) is 5.62. The summed E-state index contributed by atoms with van der Waals surface area (Å²) < 4.78 is 5.13. The van der Waals surface area contributed by atoms with Crippen LogP contribution in [0.25, 0.3) is 0 Å². The van der Waals surface area contributed by atoms with Crippen molar-refractivity contribution in [3.05, 3.63) is 29.3 Å². The second-order valence-corrected chi connectivity index (χ2v) is 6.35. The number of amides is 2. The SMILES string of the molecule is COCCN(CCN(C)C)C(=O)c1ccc2c(c1)CCN2C(C)=O. The molecule has 6 heteroatoms. The Morgan fingerprint density at radius 1 is 1.21 bits per heavy atom. The van der Waals surface area contributed by atoms with E-state index < -0.39 is 0 Å². The van der Waals surface area contributed by atoms with Crippen LogP contribution in [0.4, 0.5) is 5.69 Å². The van der Waals surface area contributed by atoms with Gasteiger partial charge in [0.1, 0.15) is 0 Å². The van der Waals surface area contributed by atoms with Gasteiger partial charge in [-0.2, -0.15) is 0 Å². The van der Waals surface area contributed by atoms with Gasteiger partial charge in [0, 0.05) is 51.5 Å². The molecule has 132 valence electrons. The molecule has 1 aliphatic rings. The van der Waals surface area contributed by atoms with E-state index in [1.54, 1.807) is 18.9 Å². The molecule has 0 spiro atoms. The van der Waals surface area contributed by atoms with Gasteiger partial charge >= 0.3 is 0 Å². The van der Waals surface area contributed by atoms with Gasteiger partial charge in [-0.3, -0.25) is 9.59 Å². The zero-order valence-electron chi connectivity index (χ0n) is 15.0. The molecule has 2 amide bonds. The lowest BCUT2D eigenvalue weighted by atomic mass is 10.1. The Hall–Kier alpha value is -1.92. The van der Waals surface area contributed by atoms with Crippen LogP contribution in [0.5, 0.6) is 0 Å². The number of methoxy groups -OCH3 is 1. The number of rotatable bonds is 7. The minimum Gasteiger partial charge on any atom is -0.383 e. The first-order valence-corrected chi connectivity index (χ1v) is 8.28. The Bertz CT molecular complexity index is 601. The second kappa shape index (κ2) is 8.26. The van der Waals surface area contributed by atoms with Crippen molar-refractivity contribution in [2.75, 3.05) is 58.9 Å². The molecule has 1 aromatic carbocycles. The van der Waals surface area contributed by atoms with E-state index in [2.05, 4.69) is 4.90 Å². The standard InChI is InChI=1S/C18H27N3O3/c1-14(22)21-8-7-15-13-16(5-6-17(15)21)18(23)20(11-12-24-4)10-9-19(2)3/h5-6,13H,7-12H2,1-4H3. The van der Waals surface area contributed by atoms with E-state index in [-0.39, 0.29) is 11.8 Å². The number of fused-ring (bicyclic) bond motifs is 1. The maximum Gasteiger partial charge on any atom is 0.253 e. The fourth-order valence-electron chi connectivity index (χ4n) is 2.88. The first kappa shape index (κ1) is 18.4. The number of hydrogen-bond donors (Lipinski definition) is 0. The lowest BCUT2D eigenvalue weighted by Gasteiger charge is -2.24. The van der Waals surface area contributed by atoms with Crippen molar-refractivity contribution in [3.8, 4) is 0 Å². The van der Waals surface area contributed by atoms with Crippen molar-refractivity contribution in [1.29, 1.82) is 0 Å². The Morgan fingerprint density at radius 2 is 1.96 bits per heavy atom.